The fourth-order valence-corrected chi connectivity index (χ4v) is 2.84. The molecule has 0 radical (unpaired) electrons. The number of hydrogen-bond acceptors (Lipinski definition) is 6. The average Bonchev–Trinajstić information content (AvgIpc) is 2.65. The molecule has 1 heterocycles. The smallest absolute Gasteiger partial charge is 0.310 e. The normalized spacial score (nSPS) is 17.0. The molecule has 1 atom stereocenters. The van der Waals surface area contributed by atoms with E-state index in [2.05, 4.69) is 0 Å². The molecule has 1 aromatic rings. The minimum atomic E-state index is -0.438. The van der Waals surface area contributed by atoms with Gasteiger partial charge in [-0.15, -0.1) is 0 Å². The van der Waals surface area contributed by atoms with Gasteiger partial charge in [0.2, 0.25) is 5.91 Å². The summed E-state index contributed by atoms with van der Waals surface area (Å²) in [6.45, 7) is 2.29. The van der Waals surface area contributed by atoms with E-state index < -0.39 is 5.97 Å². The number of rotatable bonds is 5. The van der Waals surface area contributed by atoms with Crippen molar-refractivity contribution in [3.8, 4) is 11.5 Å². The molecular formula is C19H23NO6. The maximum atomic E-state index is 12.4. The molecule has 0 aliphatic carbocycles. The Morgan fingerprint density at radius 2 is 1.96 bits per heavy atom. The summed E-state index contributed by atoms with van der Waals surface area (Å²) >= 11 is 0. The Balaban J connectivity index is 2.05. The number of piperidine rings is 1. The lowest BCUT2D eigenvalue weighted by Crippen LogP contribution is -2.41. The van der Waals surface area contributed by atoms with Gasteiger partial charge in [-0.2, -0.15) is 0 Å². The van der Waals surface area contributed by atoms with Crippen molar-refractivity contribution in [2.45, 2.75) is 19.8 Å². The van der Waals surface area contributed by atoms with Gasteiger partial charge in [0.15, 0.2) is 11.5 Å². The predicted octanol–water partition coefficient (Wildman–Crippen LogP) is 2.05. The standard InChI is InChI=1S/C19H23NO6/c1-13(21)26-16-8-6-14(11-17(16)24-2)7-9-18(22)20-10-4-5-15(12-20)19(23)25-3/h6-9,11,15H,4-5,10,12H2,1-3H3/b9-7+. The van der Waals surface area contributed by atoms with Crippen molar-refractivity contribution in [1.82, 2.24) is 4.90 Å². The van der Waals surface area contributed by atoms with Crippen LogP contribution in [0.5, 0.6) is 11.5 Å². The van der Waals surface area contributed by atoms with Crippen molar-refractivity contribution in [3.05, 3.63) is 29.8 Å². The van der Waals surface area contributed by atoms with Crippen LogP contribution in [0.3, 0.4) is 0 Å². The zero-order valence-corrected chi connectivity index (χ0v) is 15.2. The predicted molar refractivity (Wildman–Crippen MR) is 94.7 cm³/mol. The van der Waals surface area contributed by atoms with Crippen molar-refractivity contribution in [2.24, 2.45) is 5.92 Å². The Labute approximate surface area is 152 Å². The third-order valence-corrected chi connectivity index (χ3v) is 4.13. The van der Waals surface area contributed by atoms with Crippen LogP contribution >= 0.6 is 0 Å². The third-order valence-electron chi connectivity index (χ3n) is 4.13. The van der Waals surface area contributed by atoms with Crippen molar-refractivity contribution >= 4 is 23.9 Å². The summed E-state index contributed by atoms with van der Waals surface area (Å²) in [4.78, 5) is 36.8. The van der Waals surface area contributed by atoms with Crippen LogP contribution in [0.15, 0.2) is 24.3 Å². The lowest BCUT2D eigenvalue weighted by molar-refractivity contribution is -0.148. The van der Waals surface area contributed by atoms with Gasteiger partial charge in [0.1, 0.15) is 0 Å². The Morgan fingerprint density at radius 1 is 1.19 bits per heavy atom. The van der Waals surface area contributed by atoms with E-state index in [4.69, 9.17) is 14.2 Å². The lowest BCUT2D eigenvalue weighted by atomic mass is 9.98. The Kier molecular flexibility index (Phi) is 6.77. The van der Waals surface area contributed by atoms with Crippen LogP contribution in [0.1, 0.15) is 25.3 Å². The molecular weight excluding hydrogens is 338 g/mol. The van der Waals surface area contributed by atoms with Gasteiger partial charge < -0.3 is 19.1 Å². The van der Waals surface area contributed by atoms with Crippen LogP contribution in [0.25, 0.3) is 6.08 Å². The molecule has 0 bridgehead atoms. The molecule has 1 saturated heterocycles. The van der Waals surface area contributed by atoms with Crippen LogP contribution in [0, 0.1) is 5.92 Å². The molecule has 0 N–H and O–H groups in total. The number of nitrogens with zero attached hydrogens (tertiary/aromatic N) is 1. The molecule has 2 rings (SSSR count). The first-order valence-electron chi connectivity index (χ1n) is 8.36. The highest BCUT2D eigenvalue weighted by Gasteiger charge is 2.28. The number of amides is 1. The molecule has 1 aromatic carbocycles. The molecule has 0 spiro atoms. The molecule has 7 heteroatoms. The van der Waals surface area contributed by atoms with Crippen molar-refractivity contribution in [3.63, 3.8) is 0 Å². The first kappa shape index (κ1) is 19.5. The SMILES string of the molecule is COC(=O)C1CCCN(C(=O)/C=C/c2ccc(OC(C)=O)c(OC)c2)C1. The quantitative estimate of drug-likeness (QED) is 0.453. The van der Waals surface area contributed by atoms with Gasteiger partial charge in [0, 0.05) is 26.1 Å². The van der Waals surface area contributed by atoms with E-state index in [0.29, 0.717) is 24.6 Å². The second kappa shape index (κ2) is 9.03. The minimum absolute atomic E-state index is 0.165. The highest BCUT2D eigenvalue weighted by atomic mass is 16.6. The lowest BCUT2D eigenvalue weighted by Gasteiger charge is -2.30. The Bertz CT molecular complexity index is 712. The fraction of sp³-hybridized carbons (Fsp3) is 0.421. The first-order valence-corrected chi connectivity index (χ1v) is 8.36. The van der Waals surface area contributed by atoms with E-state index in [1.165, 1.54) is 27.2 Å². The van der Waals surface area contributed by atoms with Gasteiger partial charge in [-0.1, -0.05) is 6.07 Å². The number of hydrogen-bond donors (Lipinski definition) is 0. The van der Waals surface area contributed by atoms with Crippen LogP contribution in [0.2, 0.25) is 0 Å². The van der Waals surface area contributed by atoms with Gasteiger partial charge >= 0.3 is 11.9 Å². The van der Waals surface area contributed by atoms with Crippen molar-refractivity contribution in [1.29, 1.82) is 0 Å². The number of likely N-dealkylation sites (tertiary alicyclic amines) is 1. The molecule has 26 heavy (non-hydrogen) atoms. The summed E-state index contributed by atoms with van der Waals surface area (Å²) in [5.74, 6) is -0.431. The molecule has 1 amide bonds. The molecule has 1 aliphatic rings. The highest BCUT2D eigenvalue weighted by Crippen LogP contribution is 2.28. The third kappa shape index (κ3) is 5.08. The summed E-state index contributed by atoms with van der Waals surface area (Å²) in [7, 11) is 2.83. The van der Waals surface area contributed by atoms with E-state index >= 15 is 0 Å². The second-order valence-corrected chi connectivity index (χ2v) is 5.98. The topological polar surface area (TPSA) is 82.1 Å². The summed E-state index contributed by atoms with van der Waals surface area (Å²) in [6.07, 6.45) is 4.61. The van der Waals surface area contributed by atoms with Crippen molar-refractivity contribution in [2.75, 3.05) is 27.3 Å². The summed E-state index contributed by atoms with van der Waals surface area (Å²) in [5.41, 5.74) is 0.729. The van der Waals surface area contributed by atoms with E-state index in [1.54, 1.807) is 29.2 Å². The van der Waals surface area contributed by atoms with Crippen LogP contribution in [-0.2, 0) is 19.1 Å². The van der Waals surface area contributed by atoms with E-state index in [9.17, 15) is 14.4 Å². The van der Waals surface area contributed by atoms with Gasteiger partial charge in [-0.3, -0.25) is 14.4 Å². The number of carbonyl (C=O) groups is 3. The molecule has 7 nitrogen and oxygen atoms in total. The zero-order chi connectivity index (χ0) is 19.1. The van der Waals surface area contributed by atoms with Crippen molar-refractivity contribution < 1.29 is 28.6 Å². The summed E-state index contributed by atoms with van der Waals surface area (Å²) in [6, 6.07) is 5.01. The summed E-state index contributed by atoms with van der Waals surface area (Å²) < 4.78 is 15.0. The van der Waals surface area contributed by atoms with E-state index in [0.717, 1.165) is 18.4 Å². The van der Waals surface area contributed by atoms with Gasteiger partial charge in [-0.25, -0.2) is 0 Å². The Morgan fingerprint density at radius 3 is 2.62 bits per heavy atom. The maximum Gasteiger partial charge on any atom is 0.310 e. The van der Waals surface area contributed by atoms with Crippen LogP contribution in [-0.4, -0.2) is 50.1 Å². The maximum absolute atomic E-state index is 12.4. The minimum Gasteiger partial charge on any atom is -0.493 e. The number of methoxy groups -OCH3 is 2. The first-order chi connectivity index (χ1) is 12.4. The highest BCUT2D eigenvalue weighted by molar-refractivity contribution is 5.92. The molecule has 1 fully saturated rings. The number of esters is 2. The van der Waals surface area contributed by atoms with Crippen LogP contribution < -0.4 is 9.47 Å². The number of benzene rings is 1. The molecule has 140 valence electrons. The van der Waals surface area contributed by atoms with Gasteiger partial charge in [0.05, 0.1) is 20.1 Å². The zero-order valence-electron chi connectivity index (χ0n) is 15.2. The van der Waals surface area contributed by atoms with E-state index in [-0.39, 0.29) is 17.8 Å². The monoisotopic (exact) mass is 361 g/mol. The molecule has 0 aromatic heterocycles. The largest absolute Gasteiger partial charge is 0.493 e. The van der Waals surface area contributed by atoms with Gasteiger partial charge in [0.25, 0.3) is 0 Å². The summed E-state index contributed by atoms with van der Waals surface area (Å²) in [5, 5.41) is 0. The van der Waals surface area contributed by atoms with Crippen LogP contribution in [0.4, 0.5) is 0 Å². The fourth-order valence-electron chi connectivity index (χ4n) is 2.84. The van der Waals surface area contributed by atoms with E-state index in [1.807, 2.05) is 0 Å². The Hall–Kier alpha value is -2.83. The number of carbonyl (C=O) groups excluding carboxylic acids is 3. The second-order valence-electron chi connectivity index (χ2n) is 5.98. The average molecular weight is 361 g/mol. The molecule has 0 saturated carbocycles. The number of ether oxygens (including phenoxy) is 3. The molecule has 1 unspecified atom stereocenters. The molecule has 1 aliphatic heterocycles. The van der Waals surface area contributed by atoms with Gasteiger partial charge in [-0.05, 0) is 36.6 Å².